The Morgan fingerprint density at radius 3 is 2.29 bits per heavy atom. The Labute approximate surface area is 207 Å². The number of benzene rings is 3. The molecule has 0 saturated carbocycles. The number of hydrogen-bond acceptors (Lipinski definition) is 5. The van der Waals surface area contributed by atoms with Gasteiger partial charge in [-0.2, -0.15) is 0 Å². The van der Waals surface area contributed by atoms with Crippen LogP contribution in [0.1, 0.15) is 17.5 Å². The zero-order valence-electron chi connectivity index (χ0n) is 19.0. The van der Waals surface area contributed by atoms with Crippen molar-refractivity contribution in [1.82, 2.24) is 10.7 Å². The summed E-state index contributed by atoms with van der Waals surface area (Å²) in [7, 11) is 0. The molecular weight excluding hydrogens is 470 g/mol. The Balaban J connectivity index is 1.66. The molecular formula is C26H26ClN3O5. The number of para-hydroxylation sites is 1. The van der Waals surface area contributed by atoms with E-state index in [9.17, 15) is 19.5 Å². The van der Waals surface area contributed by atoms with Gasteiger partial charge < -0.3 is 15.5 Å². The van der Waals surface area contributed by atoms with Gasteiger partial charge in [0.2, 0.25) is 0 Å². The van der Waals surface area contributed by atoms with Gasteiger partial charge in [-0.25, -0.2) is 4.79 Å². The van der Waals surface area contributed by atoms with Crippen LogP contribution in [-0.4, -0.2) is 40.1 Å². The molecule has 0 aliphatic rings. The van der Waals surface area contributed by atoms with Crippen LogP contribution in [0.3, 0.4) is 0 Å². The third-order valence-corrected chi connectivity index (χ3v) is 5.62. The summed E-state index contributed by atoms with van der Waals surface area (Å²) in [5, 5.41) is 22.1. The summed E-state index contributed by atoms with van der Waals surface area (Å²) in [6.07, 6.45) is -1.75. The number of carboxylic acid groups (broad SMARTS) is 1. The summed E-state index contributed by atoms with van der Waals surface area (Å²) >= 11 is 6.06. The van der Waals surface area contributed by atoms with Gasteiger partial charge in [-0.15, -0.1) is 0 Å². The predicted octanol–water partition coefficient (Wildman–Crippen LogP) is 3.32. The van der Waals surface area contributed by atoms with Crippen LogP contribution in [0.2, 0.25) is 5.02 Å². The van der Waals surface area contributed by atoms with Crippen LogP contribution >= 0.6 is 11.6 Å². The van der Waals surface area contributed by atoms with Gasteiger partial charge in [-0.05, 0) is 53.8 Å². The standard InChI is InChI=1S/C26H26ClN3O5/c1-16-5-2-3-8-22(16)29-30-25(33)24(32)28-21(15-23(31)26(34)35)13-17-9-11-18(12-10-17)19-6-4-7-20(27)14-19/h2-12,14,21,23,29,31H,13,15H2,1H3,(H,28,32)(H,30,33)(H,34,35)/t21-,23-/m1/s1. The molecule has 3 rings (SSSR count). The normalized spacial score (nSPS) is 12.3. The lowest BCUT2D eigenvalue weighted by molar-refractivity contribution is -0.147. The van der Waals surface area contributed by atoms with Gasteiger partial charge in [-0.1, -0.05) is 66.2 Å². The van der Waals surface area contributed by atoms with E-state index in [0.717, 1.165) is 22.3 Å². The molecule has 0 spiro atoms. The van der Waals surface area contributed by atoms with Gasteiger partial charge in [0, 0.05) is 17.5 Å². The highest BCUT2D eigenvalue weighted by molar-refractivity contribution is 6.35. The fourth-order valence-corrected chi connectivity index (χ4v) is 3.68. The minimum atomic E-state index is -1.70. The average molecular weight is 496 g/mol. The third kappa shape index (κ3) is 7.56. The van der Waals surface area contributed by atoms with E-state index >= 15 is 0 Å². The molecule has 0 bridgehead atoms. The largest absolute Gasteiger partial charge is 0.479 e. The summed E-state index contributed by atoms with van der Waals surface area (Å²) in [5.41, 5.74) is 9.18. The smallest absolute Gasteiger partial charge is 0.332 e. The Hall–Kier alpha value is -3.88. The first kappa shape index (κ1) is 25.7. The number of aryl methyl sites for hydroxylation is 1. The van der Waals surface area contributed by atoms with Crippen molar-refractivity contribution in [2.45, 2.75) is 31.9 Å². The Morgan fingerprint density at radius 1 is 0.914 bits per heavy atom. The van der Waals surface area contributed by atoms with Crippen LogP contribution in [0, 0.1) is 6.92 Å². The summed E-state index contributed by atoms with van der Waals surface area (Å²) in [6, 6.07) is 21.2. The van der Waals surface area contributed by atoms with Gasteiger partial charge in [0.05, 0.1) is 5.69 Å². The molecule has 9 heteroatoms. The van der Waals surface area contributed by atoms with Crippen LogP contribution in [0.25, 0.3) is 11.1 Å². The first-order valence-corrected chi connectivity index (χ1v) is 11.3. The number of carbonyl (C=O) groups excluding carboxylic acids is 2. The molecule has 2 atom stereocenters. The minimum Gasteiger partial charge on any atom is -0.479 e. The summed E-state index contributed by atoms with van der Waals surface area (Å²) in [6.45, 7) is 1.84. The summed E-state index contributed by atoms with van der Waals surface area (Å²) in [5.74, 6) is -3.31. The van der Waals surface area contributed by atoms with Crippen molar-refractivity contribution >= 4 is 35.1 Å². The highest BCUT2D eigenvalue weighted by Crippen LogP contribution is 2.23. The fraction of sp³-hybridized carbons (Fsp3) is 0.192. The SMILES string of the molecule is Cc1ccccc1NNC(=O)C(=O)N[C@H](Cc1ccc(-c2cccc(Cl)c2)cc1)C[C@@H](O)C(=O)O. The summed E-state index contributed by atoms with van der Waals surface area (Å²) < 4.78 is 0. The molecule has 5 N–H and O–H groups in total. The highest BCUT2D eigenvalue weighted by Gasteiger charge is 2.24. The number of aliphatic hydroxyl groups is 1. The number of carboxylic acids is 1. The first-order valence-electron chi connectivity index (χ1n) is 10.9. The highest BCUT2D eigenvalue weighted by atomic mass is 35.5. The number of hydrazine groups is 1. The van der Waals surface area contributed by atoms with Crippen LogP contribution in [-0.2, 0) is 20.8 Å². The number of amides is 2. The van der Waals surface area contributed by atoms with Gasteiger partial charge >= 0.3 is 17.8 Å². The zero-order valence-corrected chi connectivity index (χ0v) is 19.8. The molecule has 182 valence electrons. The van der Waals surface area contributed by atoms with E-state index in [-0.39, 0.29) is 12.8 Å². The van der Waals surface area contributed by atoms with Crippen molar-refractivity contribution in [3.8, 4) is 11.1 Å². The van der Waals surface area contributed by atoms with Crippen molar-refractivity contribution < 1.29 is 24.6 Å². The molecule has 0 aliphatic carbocycles. The average Bonchev–Trinajstić information content (AvgIpc) is 2.83. The van der Waals surface area contributed by atoms with Crippen molar-refractivity contribution in [3.63, 3.8) is 0 Å². The first-order chi connectivity index (χ1) is 16.7. The number of anilines is 1. The second-order valence-electron chi connectivity index (χ2n) is 8.07. The van der Waals surface area contributed by atoms with Crippen molar-refractivity contribution in [2.75, 3.05) is 5.43 Å². The second-order valence-corrected chi connectivity index (χ2v) is 8.50. The van der Waals surface area contributed by atoms with E-state index in [0.29, 0.717) is 10.7 Å². The van der Waals surface area contributed by atoms with Crippen LogP contribution in [0.15, 0.2) is 72.8 Å². The number of carbonyl (C=O) groups is 3. The van der Waals surface area contributed by atoms with Gasteiger partial charge in [-0.3, -0.25) is 20.4 Å². The quantitative estimate of drug-likeness (QED) is 0.229. The van der Waals surface area contributed by atoms with E-state index < -0.39 is 29.9 Å². The maximum Gasteiger partial charge on any atom is 0.332 e. The predicted molar refractivity (Wildman–Crippen MR) is 134 cm³/mol. The Morgan fingerprint density at radius 2 is 1.63 bits per heavy atom. The second kappa shape index (κ2) is 12.0. The fourth-order valence-electron chi connectivity index (χ4n) is 3.49. The van der Waals surface area contributed by atoms with Gasteiger partial charge in [0.15, 0.2) is 6.10 Å². The monoisotopic (exact) mass is 495 g/mol. The number of nitrogens with one attached hydrogen (secondary N) is 3. The van der Waals surface area contributed by atoms with Crippen molar-refractivity contribution in [3.05, 3.63) is 88.9 Å². The van der Waals surface area contributed by atoms with Crippen LogP contribution in [0.4, 0.5) is 5.69 Å². The molecule has 3 aromatic carbocycles. The molecule has 35 heavy (non-hydrogen) atoms. The van der Waals surface area contributed by atoms with Crippen LogP contribution in [0.5, 0.6) is 0 Å². The summed E-state index contributed by atoms with van der Waals surface area (Å²) in [4.78, 5) is 35.9. The third-order valence-electron chi connectivity index (χ3n) is 5.38. The van der Waals surface area contributed by atoms with Gasteiger partial charge in [0.1, 0.15) is 0 Å². The van der Waals surface area contributed by atoms with E-state index in [1.807, 2.05) is 61.5 Å². The molecule has 3 aromatic rings. The van der Waals surface area contributed by atoms with Gasteiger partial charge in [0.25, 0.3) is 0 Å². The molecule has 0 saturated heterocycles. The molecule has 8 nitrogen and oxygen atoms in total. The number of hydrogen-bond donors (Lipinski definition) is 5. The molecule has 0 aromatic heterocycles. The van der Waals surface area contributed by atoms with Crippen molar-refractivity contribution in [1.29, 1.82) is 0 Å². The number of aliphatic carboxylic acids is 1. The Bertz CT molecular complexity index is 1200. The lowest BCUT2D eigenvalue weighted by Gasteiger charge is -2.20. The molecule has 0 unspecified atom stereocenters. The zero-order chi connectivity index (χ0) is 25.4. The maximum absolute atomic E-state index is 12.5. The minimum absolute atomic E-state index is 0.213. The molecule has 0 radical (unpaired) electrons. The Kier molecular flexibility index (Phi) is 8.83. The van der Waals surface area contributed by atoms with E-state index in [2.05, 4.69) is 16.2 Å². The van der Waals surface area contributed by atoms with Crippen LogP contribution < -0.4 is 16.2 Å². The van der Waals surface area contributed by atoms with E-state index in [1.54, 1.807) is 18.2 Å². The number of halogens is 1. The van der Waals surface area contributed by atoms with E-state index in [1.165, 1.54) is 0 Å². The lowest BCUT2D eigenvalue weighted by Crippen LogP contribution is -2.48. The molecule has 0 aliphatic heterocycles. The topological polar surface area (TPSA) is 128 Å². The number of aliphatic hydroxyl groups excluding tert-OH is 1. The molecule has 2 amide bonds. The molecule has 0 heterocycles. The maximum atomic E-state index is 12.5. The number of rotatable bonds is 9. The lowest BCUT2D eigenvalue weighted by atomic mass is 9.98. The van der Waals surface area contributed by atoms with E-state index in [4.69, 9.17) is 16.7 Å². The molecule has 0 fully saturated rings. The van der Waals surface area contributed by atoms with Crippen molar-refractivity contribution in [2.24, 2.45) is 0 Å².